The van der Waals surface area contributed by atoms with Crippen molar-refractivity contribution in [3.05, 3.63) is 0 Å². The van der Waals surface area contributed by atoms with Gasteiger partial charge >= 0.3 is 5.97 Å². The summed E-state index contributed by atoms with van der Waals surface area (Å²) in [6.07, 6.45) is 3.62. The van der Waals surface area contributed by atoms with Gasteiger partial charge in [0.1, 0.15) is 5.54 Å². The second kappa shape index (κ2) is 6.41. The van der Waals surface area contributed by atoms with Crippen LogP contribution in [0.5, 0.6) is 0 Å². The van der Waals surface area contributed by atoms with Crippen molar-refractivity contribution in [3.63, 3.8) is 0 Å². The van der Waals surface area contributed by atoms with Crippen LogP contribution in [0.4, 0.5) is 0 Å². The number of carboxylic acids is 1. The first-order valence-electron chi connectivity index (χ1n) is 7.93. The number of piperazine rings is 1. The number of aliphatic carboxylic acids is 1. The quantitative estimate of drug-likeness (QED) is 0.806. The van der Waals surface area contributed by atoms with E-state index in [2.05, 4.69) is 29.0 Å². The number of rotatable bonds is 4. The van der Waals surface area contributed by atoms with Gasteiger partial charge in [-0.2, -0.15) is 0 Å². The molecule has 1 heterocycles. The third-order valence-electron chi connectivity index (χ3n) is 5.33. The Morgan fingerprint density at radius 3 is 2.75 bits per heavy atom. The van der Waals surface area contributed by atoms with Crippen molar-refractivity contribution in [2.24, 2.45) is 0 Å². The maximum Gasteiger partial charge on any atom is 0.323 e. The molecule has 2 aliphatic rings. The number of hydrogen-bond donors (Lipinski definition) is 2. The van der Waals surface area contributed by atoms with Crippen molar-refractivity contribution < 1.29 is 9.90 Å². The minimum atomic E-state index is -0.714. The number of carbonyl (C=O) groups is 1. The Labute approximate surface area is 122 Å². The lowest BCUT2D eigenvalue weighted by Gasteiger charge is -2.47. The highest BCUT2D eigenvalue weighted by molar-refractivity contribution is 5.79. The topological polar surface area (TPSA) is 55.8 Å². The molecule has 1 saturated carbocycles. The van der Waals surface area contributed by atoms with E-state index in [1.807, 2.05) is 0 Å². The average Bonchev–Trinajstić information content (AvgIpc) is 2.47. The molecule has 20 heavy (non-hydrogen) atoms. The van der Waals surface area contributed by atoms with E-state index in [9.17, 15) is 9.90 Å². The molecule has 0 aromatic rings. The van der Waals surface area contributed by atoms with Crippen LogP contribution < -0.4 is 5.32 Å². The molecule has 0 bridgehead atoms. The molecule has 0 aromatic carbocycles. The monoisotopic (exact) mass is 283 g/mol. The molecule has 1 saturated heterocycles. The van der Waals surface area contributed by atoms with Crippen LogP contribution in [0, 0.1) is 0 Å². The summed E-state index contributed by atoms with van der Waals surface area (Å²) in [4.78, 5) is 16.6. The van der Waals surface area contributed by atoms with Crippen molar-refractivity contribution >= 4 is 5.97 Å². The number of nitrogens with zero attached hydrogens (tertiary/aromatic N) is 2. The van der Waals surface area contributed by atoms with E-state index in [4.69, 9.17) is 0 Å². The molecule has 2 rings (SSSR count). The zero-order valence-corrected chi connectivity index (χ0v) is 13.1. The molecule has 2 N–H and O–H groups in total. The Bertz CT molecular complexity index is 350. The van der Waals surface area contributed by atoms with Gasteiger partial charge in [0.05, 0.1) is 0 Å². The molecule has 0 radical (unpaired) electrons. The largest absolute Gasteiger partial charge is 0.480 e. The Morgan fingerprint density at radius 2 is 2.20 bits per heavy atom. The van der Waals surface area contributed by atoms with Crippen LogP contribution in [0.15, 0.2) is 0 Å². The molecular weight excluding hydrogens is 254 g/mol. The van der Waals surface area contributed by atoms with Gasteiger partial charge in [0.2, 0.25) is 0 Å². The highest BCUT2D eigenvalue weighted by Crippen LogP contribution is 2.32. The van der Waals surface area contributed by atoms with Crippen LogP contribution in [0.3, 0.4) is 0 Å². The van der Waals surface area contributed by atoms with Crippen LogP contribution in [-0.4, -0.2) is 71.7 Å². The molecule has 5 heteroatoms. The van der Waals surface area contributed by atoms with Gasteiger partial charge in [-0.1, -0.05) is 6.92 Å². The van der Waals surface area contributed by atoms with Gasteiger partial charge in [-0.05, 0) is 46.2 Å². The summed E-state index contributed by atoms with van der Waals surface area (Å²) in [7, 11) is 1.79. The van der Waals surface area contributed by atoms with Crippen molar-refractivity contribution in [2.45, 2.75) is 57.2 Å². The SMILES string of the molecule is CCN1CCN(C2CCCC(NC)(C(=O)O)C2)CC1C. The predicted molar refractivity (Wildman–Crippen MR) is 80.0 cm³/mol. The Hall–Kier alpha value is -0.650. The van der Waals surface area contributed by atoms with E-state index in [1.165, 1.54) is 0 Å². The summed E-state index contributed by atoms with van der Waals surface area (Å²) in [6.45, 7) is 8.84. The third-order valence-corrected chi connectivity index (χ3v) is 5.33. The Morgan fingerprint density at radius 1 is 1.45 bits per heavy atom. The summed E-state index contributed by atoms with van der Waals surface area (Å²) in [6, 6.07) is 0.984. The molecule has 0 aromatic heterocycles. The van der Waals surface area contributed by atoms with E-state index in [0.717, 1.165) is 51.9 Å². The highest BCUT2D eigenvalue weighted by Gasteiger charge is 2.43. The van der Waals surface area contributed by atoms with Gasteiger partial charge in [0, 0.05) is 31.7 Å². The predicted octanol–water partition coefficient (Wildman–Crippen LogP) is 0.998. The lowest BCUT2D eigenvalue weighted by Crippen LogP contribution is -2.60. The summed E-state index contributed by atoms with van der Waals surface area (Å²) < 4.78 is 0. The minimum absolute atomic E-state index is 0.411. The second-order valence-electron chi connectivity index (χ2n) is 6.36. The maximum absolute atomic E-state index is 11.6. The van der Waals surface area contributed by atoms with Crippen molar-refractivity contribution in [2.75, 3.05) is 33.2 Å². The second-order valence-corrected chi connectivity index (χ2v) is 6.36. The Balaban J connectivity index is 2.01. The molecule has 116 valence electrons. The standard InChI is InChI=1S/C15H29N3O2/c1-4-17-8-9-18(11-12(17)2)13-6-5-7-15(10-13,16-3)14(19)20/h12-13,16H,4-11H2,1-3H3,(H,19,20). The van der Waals surface area contributed by atoms with Gasteiger partial charge in [0.25, 0.3) is 0 Å². The molecular formula is C15H29N3O2. The number of carboxylic acid groups (broad SMARTS) is 1. The average molecular weight is 283 g/mol. The molecule has 5 nitrogen and oxygen atoms in total. The summed E-state index contributed by atoms with van der Waals surface area (Å²) in [5.41, 5.74) is -0.714. The van der Waals surface area contributed by atoms with Crippen LogP contribution in [-0.2, 0) is 4.79 Å². The van der Waals surface area contributed by atoms with Crippen LogP contribution in [0.25, 0.3) is 0 Å². The van der Waals surface area contributed by atoms with Gasteiger partial charge < -0.3 is 10.4 Å². The van der Waals surface area contributed by atoms with Crippen LogP contribution >= 0.6 is 0 Å². The van der Waals surface area contributed by atoms with Gasteiger partial charge in [0.15, 0.2) is 0 Å². The fourth-order valence-electron chi connectivity index (χ4n) is 3.91. The van der Waals surface area contributed by atoms with Crippen molar-refractivity contribution in [3.8, 4) is 0 Å². The molecule has 1 aliphatic heterocycles. The normalized spacial score (nSPS) is 37.0. The van der Waals surface area contributed by atoms with Gasteiger partial charge in [-0.25, -0.2) is 0 Å². The summed E-state index contributed by atoms with van der Waals surface area (Å²) in [5.74, 6) is -0.690. The van der Waals surface area contributed by atoms with Gasteiger partial charge in [-0.15, -0.1) is 0 Å². The summed E-state index contributed by atoms with van der Waals surface area (Å²) in [5, 5.41) is 12.6. The van der Waals surface area contributed by atoms with E-state index in [0.29, 0.717) is 12.1 Å². The molecule has 0 amide bonds. The molecule has 3 atom stereocenters. The fourth-order valence-corrected chi connectivity index (χ4v) is 3.91. The molecule has 0 spiro atoms. The van der Waals surface area contributed by atoms with E-state index in [1.54, 1.807) is 7.05 Å². The van der Waals surface area contributed by atoms with Crippen molar-refractivity contribution in [1.82, 2.24) is 15.1 Å². The lowest BCUT2D eigenvalue weighted by atomic mass is 9.78. The fraction of sp³-hybridized carbons (Fsp3) is 0.933. The molecule has 2 fully saturated rings. The Kier molecular flexibility index (Phi) is 5.04. The lowest BCUT2D eigenvalue weighted by molar-refractivity contribution is -0.147. The zero-order valence-electron chi connectivity index (χ0n) is 13.1. The smallest absolute Gasteiger partial charge is 0.323 e. The van der Waals surface area contributed by atoms with E-state index in [-0.39, 0.29) is 0 Å². The van der Waals surface area contributed by atoms with E-state index >= 15 is 0 Å². The zero-order chi connectivity index (χ0) is 14.8. The van der Waals surface area contributed by atoms with Gasteiger partial charge in [-0.3, -0.25) is 14.6 Å². The number of hydrogen-bond acceptors (Lipinski definition) is 4. The molecule has 1 aliphatic carbocycles. The van der Waals surface area contributed by atoms with Crippen molar-refractivity contribution in [1.29, 1.82) is 0 Å². The number of nitrogens with one attached hydrogen (secondary N) is 1. The van der Waals surface area contributed by atoms with E-state index < -0.39 is 11.5 Å². The first kappa shape index (κ1) is 15.7. The molecule has 3 unspecified atom stereocenters. The minimum Gasteiger partial charge on any atom is -0.480 e. The maximum atomic E-state index is 11.6. The van der Waals surface area contributed by atoms with Crippen LogP contribution in [0.2, 0.25) is 0 Å². The third kappa shape index (κ3) is 3.00. The first-order chi connectivity index (χ1) is 9.52. The number of likely N-dealkylation sites (N-methyl/N-ethyl adjacent to an activating group) is 2. The highest BCUT2D eigenvalue weighted by atomic mass is 16.4. The van der Waals surface area contributed by atoms with Crippen LogP contribution in [0.1, 0.15) is 39.5 Å². The first-order valence-corrected chi connectivity index (χ1v) is 7.93. The summed E-state index contributed by atoms with van der Waals surface area (Å²) >= 11 is 0.